The van der Waals surface area contributed by atoms with Gasteiger partial charge in [0.15, 0.2) is 0 Å². The maximum atomic E-state index is 13.0. The van der Waals surface area contributed by atoms with Gasteiger partial charge in [-0.2, -0.15) is 0 Å². The Hall–Kier alpha value is -3.22. The molecule has 30 heavy (non-hydrogen) atoms. The van der Waals surface area contributed by atoms with E-state index in [9.17, 15) is 19.8 Å². The average Bonchev–Trinajstić information content (AvgIpc) is 2.77. The smallest absolute Gasteiger partial charge is 0.335 e. The maximum absolute atomic E-state index is 13.0. The number of carbonyl (C=O) groups is 2. The minimum atomic E-state index is -1.02. The van der Waals surface area contributed by atoms with Crippen molar-refractivity contribution in [1.82, 2.24) is 4.90 Å². The van der Waals surface area contributed by atoms with Gasteiger partial charge < -0.3 is 24.6 Å². The predicted octanol–water partition coefficient (Wildman–Crippen LogP) is 3.64. The number of hydrogen-bond acceptors (Lipinski definition) is 5. The lowest BCUT2D eigenvalue weighted by Crippen LogP contribution is -2.36. The summed E-state index contributed by atoms with van der Waals surface area (Å²) in [4.78, 5) is 26.1. The van der Waals surface area contributed by atoms with Gasteiger partial charge in [-0.3, -0.25) is 4.79 Å². The van der Waals surface area contributed by atoms with E-state index in [0.717, 1.165) is 37.9 Å². The van der Waals surface area contributed by atoms with E-state index in [2.05, 4.69) is 0 Å². The summed E-state index contributed by atoms with van der Waals surface area (Å²) >= 11 is 0. The molecular formula is C23H27NO6. The molecule has 1 aliphatic rings. The lowest BCUT2D eigenvalue weighted by molar-refractivity contribution is -0.132. The van der Waals surface area contributed by atoms with Crippen LogP contribution in [0.5, 0.6) is 17.2 Å². The van der Waals surface area contributed by atoms with Crippen molar-refractivity contribution in [3.63, 3.8) is 0 Å². The molecule has 3 rings (SSSR count). The molecule has 7 nitrogen and oxygen atoms in total. The number of aromatic carboxylic acids is 1. The van der Waals surface area contributed by atoms with Crippen molar-refractivity contribution in [1.29, 1.82) is 0 Å². The summed E-state index contributed by atoms with van der Waals surface area (Å²) in [5.74, 6) is -0.708. The summed E-state index contributed by atoms with van der Waals surface area (Å²) in [6.45, 7) is 1.46. The van der Waals surface area contributed by atoms with Gasteiger partial charge in [-0.05, 0) is 37.0 Å². The number of nitrogens with zero attached hydrogens (tertiary/aromatic N) is 1. The van der Waals surface area contributed by atoms with Crippen LogP contribution in [0.15, 0.2) is 36.4 Å². The Morgan fingerprint density at radius 1 is 1.03 bits per heavy atom. The number of amides is 1. The fraction of sp³-hybridized carbons (Fsp3) is 0.391. The summed E-state index contributed by atoms with van der Waals surface area (Å²) in [6.07, 6.45) is 3.24. The molecule has 0 radical (unpaired) electrons. The van der Waals surface area contributed by atoms with Gasteiger partial charge in [-0.1, -0.05) is 12.1 Å². The van der Waals surface area contributed by atoms with E-state index in [4.69, 9.17) is 9.47 Å². The van der Waals surface area contributed by atoms with E-state index in [0.29, 0.717) is 17.1 Å². The molecule has 2 aromatic carbocycles. The Kier molecular flexibility index (Phi) is 6.82. The number of phenols is 1. The van der Waals surface area contributed by atoms with Crippen molar-refractivity contribution in [3.8, 4) is 17.2 Å². The van der Waals surface area contributed by atoms with Crippen molar-refractivity contribution in [2.24, 2.45) is 0 Å². The number of phenolic OH excluding ortho intramolecular Hbond substituents is 1. The summed E-state index contributed by atoms with van der Waals surface area (Å²) < 4.78 is 10.7. The number of hydrogen-bond donors (Lipinski definition) is 2. The van der Waals surface area contributed by atoms with Crippen LogP contribution in [0.3, 0.4) is 0 Å². The van der Waals surface area contributed by atoms with Crippen LogP contribution in [0.4, 0.5) is 0 Å². The van der Waals surface area contributed by atoms with Crippen LogP contribution in [0, 0.1) is 0 Å². The highest BCUT2D eigenvalue weighted by Gasteiger charge is 2.28. The topological polar surface area (TPSA) is 96.3 Å². The van der Waals surface area contributed by atoms with Gasteiger partial charge in [0.05, 0.1) is 19.8 Å². The van der Waals surface area contributed by atoms with E-state index in [-0.39, 0.29) is 23.6 Å². The molecule has 0 saturated carbocycles. The molecule has 1 aliphatic heterocycles. The first kappa shape index (κ1) is 21.5. The van der Waals surface area contributed by atoms with Gasteiger partial charge >= 0.3 is 5.97 Å². The van der Waals surface area contributed by atoms with Gasteiger partial charge in [0.2, 0.25) is 5.91 Å². The van der Waals surface area contributed by atoms with E-state index < -0.39 is 11.9 Å². The van der Waals surface area contributed by atoms with Gasteiger partial charge in [0, 0.05) is 43.1 Å². The molecule has 2 aromatic rings. The molecule has 1 heterocycles. The minimum Gasteiger partial charge on any atom is -0.507 e. The summed E-state index contributed by atoms with van der Waals surface area (Å²) in [5, 5.41) is 19.9. The molecule has 1 unspecified atom stereocenters. The number of aromatic hydroxyl groups is 1. The second kappa shape index (κ2) is 9.52. The zero-order chi connectivity index (χ0) is 21.7. The molecule has 1 amide bonds. The minimum absolute atomic E-state index is 0.000665. The molecule has 0 bridgehead atoms. The van der Waals surface area contributed by atoms with Crippen molar-refractivity contribution in [3.05, 3.63) is 53.1 Å². The Balaban J connectivity index is 2.03. The lowest BCUT2D eigenvalue weighted by atomic mass is 9.86. The van der Waals surface area contributed by atoms with Gasteiger partial charge in [0.25, 0.3) is 0 Å². The Labute approximate surface area is 175 Å². The number of carbonyl (C=O) groups excluding carboxylic acids is 1. The first-order valence-corrected chi connectivity index (χ1v) is 10.0. The van der Waals surface area contributed by atoms with Gasteiger partial charge in [-0.15, -0.1) is 0 Å². The number of methoxy groups -OCH3 is 2. The number of likely N-dealkylation sites (tertiary alicyclic amines) is 1. The van der Waals surface area contributed by atoms with Crippen LogP contribution in [-0.2, 0) is 4.79 Å². The Bertz CT molecular complexity index is 903. The van der Waals surface area contributed by atoms with Crippen LogP contribution in [0.25, 0.3) is 0 Å². The number of ether oxygens (including phenoxy) is 2. The molecule has 0 spiro atoms. The lowest BCUT2D eigenvalue weighted by Gasteiger charge is -2.29. The molecule has 160 valence electrons. The van der Waals surface area contributed by atoms with Crippen molar-refractivity contribution in [2.45, 2.75) is 31.6 Å². The van der Waals surface area contributed by atoms with Crippen LogP contribution in [0.2, 0.25) is 0 Å². The van der Waals surface area contributed by atoms with Crippen molar-refractivity contribution >= 4 is 11.9 Å². The van der Waals surface area contributed by atoms with Crippen LogP contribution in [0.1, 0.15) is 53.1 Å². The number of rotatable bonds is 7. The third-order valence-electron chi connectivity index (χ3n) is 5.55. The van der Waals surface area contributed by atoms with Crippen LogP contribution < -0.4 is 9.47 Å². The first-order valence-electron chi connectivity index (χ1n) is 10.0. The molecule has 0 aromatic heterocycles. The van der Waals surface area contributed by atoms with Crippen LogP contribution >= 0.6 is 0 Å². The maximum Gasteiger partial charge on any atom is 0.335 e. The molecule has 7 heteroatoms. The monoisotopic (exact) mass is 413 g/mol. The average molecular weight is 413 g/mol. The molecule has 2 N–H and O–H groups in total. The SMILES string of the molecule is COc1cc(O)c(C(CC(=O)N2CCCCC2)c2ccc(C(=O)O)cc2)c(OC)c1. The third kappa shape index (κ3) is 4.67. The fourth-order valence-corrected chi connectivity index (χ4v) is 3.92. The molecular weight excluding hydrogens is 386 g/mol. The number of benzene rings is 2. The van der Waals surface area contributed by atoms with Crippen molar-refractivity contribution < 1.29 is 29.3 Å². The highest BCUT2D eigenvalue weighted by molar-refractivity contribution is 5.87. The second-order valence-electron chi connectivity index (χ2n) is 7.39. The predicted molar refractivity (Wildman–Crippen MR) is 112 cm³/mol. The normalized spacial score (nSPS) is 14.8. The van der Waals surface area contributed by atoms with E-state index in [1.807, 2.05) is 4.90 Å². The molecule has 0 aliphatic carbocycles. The van der Waals surface area contributed by atoms with E-state index >= 15 is 0 Å². The van der Waals surface area contributed by atoms with Crippen molar-refractivity contribution in [2.75, 3.05) is 27.3 Å². The quantitative estimate of drug-likeness (QED) is 0.719. The zero-order valence-electron chi connectivity index (χ0n) is 17.3. The molecule has 1 saturated heterocycles. The molecule has 1 fully saturated rings. The van der Waals surface area contributed by atoms with E-state index in [1.54, 1.807) is 18.2 Å². The second-order valence-corrected chi connectivity index (χ2v) is 7.39. The standard InChI is InChI=1S/C23H27NO6/c1-29-17-12-19(25)22(20(13-17)30-2)18(14-21(26)24-10-4-3-5-11-24)15-6-8-16(9-7-15)23(27)28/h6-9,12-13,18,25H,3-5,10-11,14H2,1-2H3,(H,27,28). The summed E-state index contributed by atoms with van der Waals surface area (Å²) in [7, 11) is 2.99. The highest BCUT2D eigenvalue weighted by atomic mass is 16.5. The fourth-order valence-electron chi connectivity index (χ4n) is 3.92. The summed E-state index contributed by atoms with van der Waals surface area (Å²) in [5.41, 5.74) is 1.36. The van der Waals surface area contributed by atoms with Gasteiger partial charge in [-0.25, -0.2) is 4.79 Å². The summed E-state index contributed by atoms with van der Waals surface area (Å²) in [6, 6.07) is 9.52. The molecule has 1 atom stereocenters. The third-order valence-corrected chi connectivity index (χ3v) is 5.55. The Morgan fingerprint density at radius 2 is 1.70 bits per heavy atom. The largest absolute Gasteiger partial charge is 0.507 e. The van der Waals surface area contributed by atoms with Crippen LogP contribution in [-0.4, -0.2) is 54.3 Å². The number of carboxylic acid groups (broad SMARTS) is 1. The number of piperidine rings is 1. The first-order chi connectivity index (χ1) is 14.4. The zero-order valence-corrected chi connectivity index (χ0v) is 17.3. The Morgan fingerprint density at radius 3 is 2.27 bits per heavy atom. The number of carboxylic acids is 1. The van der Waals surface area contributed by atoms with Gasteiger partial charge in [0.1, 0.15) is 17.2 Å². The highest BCUT2D eigenvalue weighted by Crippen LogP contribution is 2.43. The van der Waals surface area contributed by atoms with E-state index in [1.165, 1.54) is 32.4 Å².